The Hall–Kier alpha value is -1.42. The highest BCUT2D eigenvalue weighted by molar-refractivity contribution is 6.02. The van der Waals surface area contributed by atoms with E-state index in [1.54, 1.807) is 18.3 Å². The monoisotopic (exact) mass is 194 g/mol. The van der Waals surface area contributed by atoms with Crippen molar-refractivity contribution in [3.8, 4) is 0 Å². The summed E-state index contributed by atoms with van der Waals surface area (Å²) in [6.07, 6.45) is 1.75. The predicted octanol–water partition coefficient (Wildman–Crippen LogP) is 1.27. The van der Waals surface area contributed by atoms with E-state index in [0.717, 1.165) is 0 Å². The summed E-state index contributed by atoms with van der Waals surface area (Å²) in [5.74, 6) is 0.147. The van der Waals surface area contributed by atoms with E-state index in [0.29, 0.717) is 12.0 Å². The molecule has 0 aliphatic carbocycles. The molecule has 0 aromatic carbocycles. The largest absolute Gasteiger partial charge is 0.383 e. The first kappa shape index (κ1) is 10.7. The van der Waals surface area contributed by atoms with Crippen molar-refractivity contribution in [1.29, 1.82) is 0 Å². The Bertz CT molecular complexity index is 322. The van der Waals surface area contributed by atoms with Crippen LogP contribution in [0.1, 0.15) is 23.7 Å². The Labute approximate surface area is 83.1 Å². The number of methoxy groups -OCH3 is 1. The summed E-state index contributed by atoms with van der Waals surface area (Å²) in [5.41, 5.74) is 6.01. The van der Waals surface area contributed by atoms with Crippen molar-refractivity contribution < 1.29 is 9.53 Å². The van der Waals surface area contributed by atoms with E-state index in [1.807, 2.05) is 6.92 Å². The molecule has 0 amide bonds. The molecular formula is C10H14N2O2. The topological polar surface area (TPSA) is 65.2 Å². The number of carbonyl (C=O) groups is 1. The van der Waals surface area contributed by atoms with Crippen LogP contribution in [0.25, 0.3) is 0 Å². The van der Waals surface area contributed by atoms with E-state index in [4.69, 9.17) is 10.5 Å². The zero-order valence-electron chi connectivity index (χ0n) is 8.36. The summed E-state index contributed by atoms with van der Waals surface area (Å²) in [6.45, 7) is 1.89. The second-order valence-corrected chi connectivity index (χ2v) is 2.93. The molecule has 4 nitrogen and oxygen atoms in total. The number of pyridine rings is 1. The number of Topliss-reactive ketones (excluding diaryl/α,β-unsaturated/α-hetero) is 1. The van der Waals surface area contributed by atoms with E-state index in [-0.39, 0.29) is 11.6 Å². The van der Waals surface area contributed by atoms with Gasteiger partial charge in [-0.15, -0.1) is 0 Å². The van der Waals surface area contributed by atoms with Crippen molar-refractivity contribution in [2.45, 2.75) is 19.4 Å². The molecule has 2 N–H and O–H groups in total. The smallest absolute Gasteiger partial charge is 0.195 e. The van der Waals surface area contributed by atoms with E-state index < -0.39 is 6.10 Å². The second kappa shape index (κ2) is 4.72. The van der Waals surface area contributed by atoms with Crippen LogP contribution in [0.5, 0.6) is 0 Å². The molecule has 0 radical (unpaired) electrons. The zero-order chi connectivity index (χ0) is 10.6. The van der Waals surface area contributed by atoms with Gasteiger partial charge in [0.25, 0.3) is 0 Å². The molecule has 0 spiro atoms. The minimum Gasteiger partial charge on any atom is -0.383 e. The summed E-state index contributed by atoms with van der Waals surface area (Å²) >= 11 is 0. The highest BCUT2D eigenvalue weighted by Gasteiger charge is 2.19. The molecule has 76 valence electrons. The van der Waals surface area contributed by atoms with Crippen molar-refractivity contribution in [2.24, 2.45) is 0 Å². The van der Waals surface area contributed by atoms with Crippen LogP contribution in [-0.2, 0) is 4.74 Å². The van der Waals surface area contributed by atoms with Crippen LogP contribution >= 0.6 is 0 Å². The van der Waals surface area contributed by atoms with E-state index in [1.165, 1.54) is 7.11 Å². The fraction of sp³-hybridized carbons (Fsp3) is 0.400. The predicted molar refractivity (Wildman–Crippen MR) is 54.1 cm³/mol. The lowest BCUT2D eigenvalue weighted by Crippen LogP contribution is -2.23. The molecule has 0 bridgehead atoms. The third-order valence-electron chi connectivity index (χ3n) is 2.05. The van der Waals surface area contributed by atoms with Gasteiger partial charge in [-0.1, -0.05) is 6.92 Å². The number of hydrogen-bond donors (Lipinski definition) is 1. The quantitative estimate of drug-likeness (QED) is 0.733. The highest BCUT2D eigenvalue weighted by Crippen LogP contribution is 2.13. The van der Waals surface area contributed by atoms with E-state index in [2.05, 4.69) is 4.98 Å². The molecular weight excluding hydrogens is 180 g/mol. The molecule has 1 unspecified atom stereocenters. The van der Waals surface area contributed by atoms with E-state index >= 15 is 0 Å². The Morgan fingerprint density at radius 3 is 2.93 bits per heavy atom. The normalized spacial score (nSPS) is 12.4. The van der Waals surface area contributed by atoms with Crippen molar-refractivity contribution >= 4 is 11.6 Å². The lowest BCUT2D eigenvalue weighted by molar-refractivity contribution is 0.0596. The summed E-state index contributed by atoms with van der Waals surface area (Å²) in [6, 6.07) is 3.35. The first-order chi connectivity index (χ1) is 6.70. The van der Waals surface area contributed by atoms with Crippen LogP contribution in [0.2, 0.25) is 0 Å². The highest BCUT2D eigenvalue weighted by atomic mass is 16.5. The number of hydrogen-bond acceptors (Lipinski definition) is 4. The van der Waals surface area contributed by atoms with Gasteiger partial charge < -0.3 is 10.5 Å². The van der Waals surface area contributed by atoms with E-state index in [9.17, 15) is 4.79 Å². The van der Waals surface area contributed by atoms with Crippen molar-refractivity contribution in [3.63, 3.8) is 0 Å². The molecule has 1 aromatic rings. The maximum Gasteiger partial charge on any atom is 0.195 e. The molecule has 0 fully saturated rings. The van der Waals surface area contributed by atoms with Gasteiger partial charge in [-0.2, -0.15) is 0 Å². The minimum absolute atomic E-state index is 0.111. The van der Waals surface area contributed by atoms with Gasteiger partial charge in [0.2, 0.25) is 0 Å². The van der Waals surface area contributed by atoms with Gasteiger partial charge >= 0.3 is 0 Å². The average molecular weight is 194 g/mol. The van der Waals surface area contributed by atoms with Crippen LogP contribution < -0.4 is 5.73 Å². The van der Waals surface area contributed by atoms with Crippen LogP contribution in [0.3, 0.4) is 0 Å². The number of anilines is 1. The molecule has 1 aromatic heterocycles. The van der Waals surface area contributed by atoms with Gasteiger partial charge in [-0.3, -0.25) is 4.79 Å². The Balaban J connectivity index is 2.94. The number of carbonyl (C=O) groups excluding carboxylic acids is 1. The van der Waals surface area contributed by atoms with Crippen molar-refractivity contribution in [1.82, 2.24) is 4.98 Å². The average Bonchev–Trinajstić information content (AvgIpc) is 2.20. The Morgan fingerprint density at radius 1 is 1.71 bits per heavy atom. The standard InChI is InChI=1S/C10H14N2O2/c1-3-8(14-2)9(13)7-5-4-6-12-10(7)11/h4-6,8H,3H2,1-2H3,(H2,11,12). The molecule has 14 heavy (non-hydrogen) atoms. The van der Waals surface area contributed by atoms with Crippen molar-refractivity contribution in [3.05, 3.63) is 23.9 Å². The number of rotatable bonds is 4. The number of nitrogen functional groups attached to an aromatic ring is 1. The summed E-state index contributed by atoms with van der Waals surface area (Å²) in [4.78, 5) is 15.6. The molecule has 0 saturated heterocycles. The fourth-order valence-corrected chi connectivity index (χ4v) is 1.26. The van der Waals surface area contributed by atoms with Crippen LogP contribution in [0.4, 0.5) is 5.82 Å². The van der Waals surface area contributed by atoms with Crippen LogP contribution in [-0.4, -0.2) is 24.0 Å². The van der Waals surface area contributed by atoms with Gasteiger partial charge in [0.05, 0.1) is 5.56 Å². The van der Waals surface area contributed by atoms with Gasteiger partial charge in [0.15, 0.2) is 5.78 Å². The van der Waals surface area contributed by atoms with Crippen LogP contribution in [0, 0.1) is 0 Å². The second-order valence-electron chi connectivity index (χ2n) is 2.93. The van der Waals surface area contributed by atoms with Gasteiger partial charge in [0.1, 0.15) is 11.9 Å². The SMILES string of the molecule is CCC(OC)C(=O)c1cccnc1N. The molecule has 1 rings (SSSR count). The lowest BCUT2D eigenvalue weighted by Gasteiger charge is -2.12. The Morgan fingerprint density at radius 2 is 2.43 bits per heavy atom. The third-order valence-corrected chi connectivity index (χ3v) is 2.05. The number of nitrogens with zero attached hydrogens (tertiary/aromatic N) is 1. The number of ketones is 1. The maximum absolute atomic E-state index is 11.8. The third kappa shape index (κ3) is 2.09. The molecule has 0 saturated carbocycles. The van der Waals surface area contributed by atoms with Gasteiger partial charge in [-0.25, -0.2) is 4.98 Å². The summed E-state index contributed by atoms with van der Waals surface area (Å²) in [5, 5.41) is 0. The summed E-state index contributed by atoms with van der Waals surface area (Å²) in [7, 11) is 1.51. The number of aromatic nitrogens is 1. The number of nitrogens with two attached hydrogens (primary N) is 1. The minimum atomic E-state index is -0.429. The molecule has 0 aliphatic heterocycles. The van der Waals surface area contributed by atoms with Crippen LogP contribution in [0.15, 0.2) is 18.3 Å². The maximum atomic E-state index is 11.8. The molecule has 1 heterocycles. The first-order valence-electron chi connectivity index (χ1n) is 4.48. The summed E-state index contributed by atoms with van der Waals surface area (Å²) < 4.78 is 5.04. The molecule has 1 atom stereocenters. The lowest BCUT2D eigenvalue weighted by atomic mass is 10.1. The molecule has 4 heteroatoms. The number of ether oxygens (including phenoxy) is 1. The molecule has 0 aliphatic rings. The Kier molecular flexibility index (Phi) is 3.59. The fourth-order valence-electron chi connectivity index (χ4n) is 1.26. The van der Waals surface area contributed by atoms with Crippen molar-refractivity contribution in [2.75, 3.05) is 12.8 Å². The zero-order valence-corrected chi connectivity index (χ0v) is 8.36. The first-order valence-corrected chi connectivity index (χ1v) is 4.48. The van der Waals surface area contributed by atoms with Gasteiger partial charge in [-0.05, 0) is 18.6 Å². The van der Waals surface area contributed by atoms with Gasteiger partial charge in [0, 0.05) is 13.3 Å².